The number of amides is 1. The summed E-state index contributed by atoms with van der Waals surface area (Å²) >= 11 is 5.88. The van der Waals surface area contributed by atoms with Crippen LogP contribution in [0.1, 0.15) is 31.2 Å². The number of halogens is 2. The van der Waals surface area contributed by atoms with E-state index in [1.54, 1.807) is 29.4 Å². The number of anilines is 1. The van der Waals surface area contributed by atoms with Crippen LogP contribution in [0.2, 0.25) is 5.02 Å². The second kappa shape index (κ2) is 16.6. The zero-order valence-electron chi connectivity index (χ0n) is 25.6. The van der Waals surface area contributed by atoms with Gasteiger partial charge in [-0.2, -0.15) is 0 Å². The molecule has 1 aromatic heterocycles. The van der Waals surface area contributed by atoms with Gasteiger partial charge in [0.2, 0.25) is 11.9 Å². The third-order valence-corrected chi connectivity index (χ3v) is 9.03. The maximum atomic E-state index is 14.8. The SMILES string of the molecule is O=C(Cc1ccc(OCCCC2CCN(c3ncc(Cl)cn3)CC2)cc1F)N1CC2(CN(C[C@H](O)[C@H](O)[C@H](O)CO)C2)C1.O=CO. The lowest BCUT2D eigenvalue weighted by atomic mass is 9.72. The van der Waals surface area contributed by atoms with Gasteiger partial charge in [0.05, 0.1) is 43.2 Å². The summed E-state index contributed by atoms with van der Waals surface area (Å²) in [5.41, 5.74) is 0.290. The third-order valence-electron chi connectivity index (χ3n) is 8.84. The van der Waals surface area contributed by atoms with E-state index >= 15 is 0 Å². The van der Waals surface area contributed by atoms with E-state index in [1.807, 2.05) is 4.90 Å². The number of aromatic nitrogens is 2. The number of carboxylic acid groups (broad SMARTS) is 1. The van der Waals surface area contributed by atoms with Gasteiger partial charge >= 0.3 is 0 Å². The molecule has 0 saturated carbocycles. The Morgan fingerprint density at radius 1 is 1.11 bits per heavy atom. The predicted molar refractivity (Wildman–Crippen MR) is 166 cm³/mol. The highest BCUT2D eigenvalue weighted by Crippen LogP contribution is 2.40. The highest BCUT2D eigenvalue weighted by Gasteiger charge is 2.53. The fourth-order valence-electron chi connectivity index (χ4n) is 6.40. The Morgan fingerprint density at radius 2 is 1.76 bits per heavy atom. The molecule has 254 valence electrons. The molecule has 3 saturated heterocycles. The quantitative estimate of drug-likeness (QED) is 0.150. The Morgan fingerprint density at radius 3 is 2.37 bits per heavy atom. The minimum atomic E-state index is -1.42. The van der Waals surface area contributed by atoms with E-state index in [9.17, 15) is 24.5 Å². The average molecular weight is 668 g/mol. The number of likely N-dealkylation sites (tertiary alicyclic amines) is 2. The van der Waals surface area contributed by atoms with E-state index < -0.39 is 30.7 Å². The zero-order chi connectivity index (χ0) is 33.3. The number of aliphatic hydroxyl groups is 4. The number of nitrogens with zero attached hydrogens (tertiary/aromatic N) is 5. The smallest absolute Gasteiger partial charge is 0.290 e. The molecule has 0 radical (unpaired) electrons. The first-order valence-corrected chi connectivity index (χ1v) is 15.8. The number of piperidine rings is 1. The molecule has 0 bridgehead atoms. The molecule has 4 heterocycles. The normalized spacial score (nSPS) is 19.7. The van der Waals surface area contributed by atoms with Crippen molar-refractivity contribution < 1.29 is 44.2 Å². The van der Waals surface area contributed by atoms with Crippen LogP contribution in [0.25, 0.3) is 0 Å². The van der Waals surface area contributed by atoms with E-state index in [0.29, 0.717) is 61.0 Å². The van der Waals surface area contributed by atoms with Crippen LogP contribution in [0.5, 0.6) is 5.75 Å². The van der Waals surface area contributed by atoms with Gasteiger partial charge < -0.3 is 40.1 Å². The van der Waals surface area contributed by atoms with Crippen molar-refractivity contribution in [1.29, 1.82) is 0 Å². The summed E-state index contributed by atoms with van der Waals surface area (Å²) in [7, 11) is 0. The molecular formula is C31H43ClFN5O8. The summed E-state index contributed by atoms with van der Waals surface area (Å²) in [6.45, 7) is 4.07. The van der Waals surface area contributed by atoms with Crippen LogP contribution < -0.4 is 9.64 Å². The highest BCUT2D eigenvalue weighted by atomic mass is 35.5. The summed E-state index contributed by atoms with van der Waals surface area (Å²) in [5, 5.41) is 45.7. The van der Waals surface area contributed by atoms with Crippen LogP contribution in [0.3, 0.4) is 0 Å². The summed E-state index contributed by atoms with van der Waals surface area (Å²) in [6, 6.07) is 4.68. The summed E-state index contributed by atoms with van der Waals surface area (Å²) in [6.07, 6.45) is 3.27. The lowest BCUT2D eigenvalue weighted by molar-refractivity contribution is -0.164. The van der Waals surface area contributed by atoms with Gasteiger partial charge in [-0.3, -0.25) is 14.5 Å². The molecule has 46 heavy (non-hydrogen) atoms. The minimum Gasteiger partial charge on any atom is -0.493 e. The fourth-order valence-corrected chi connectivity index (χ4v) is 6.49. The van der Waals surface area contributed by atoms with Crippen LogP contribution >= 0.6 is 11.6 Å². The molecule has 2 aromatic rings. The Labute approximate surface area is 272 Å². The molecule has 13 nitrogen and oxygen atoms in total. The predicted octanol–water partition coefficient (Wildman–Crippen LogP) is 0.807. The molecule has 0 unspecified atom stereocenters. The topological polar surface area (TPSA) is 180 Å². The molecule has 1 amide bonds. The Kier molecular flexibility index (Phi) is 12.9. The second-order valence-corrected chi connectivity index (χ2v) is 12.8. The van der Waals surface area contributed by atoms with Gasteiger partial charge in [0.1, 0.15) is 23.8 Å². The Bertz CT molecular complexity index is 1270. The number of carbonyl (C=O) groups excluding carboxylic acids is 1. The number of hydrogen-bond acceptors (Lipinski definition) is 11. The monoisotopic (exact) mass is 667 g/mol. The number of carbonyl (C=O) groups is 2. The van der Waals surface area contributed by atoms with Gasteiger partial charge in [-0.25, -0.2) is 14.4 Å². The Balaban J connectivity index is 0.00000154. The van der Waals surface area contributed by atoms with Gasteiger partial charge in [-0.15, -0.1) is 0 Å². The molecule has 1 spiro atoms. The van der Waals surface area contributed by atoms with Gasteiger partial charge in [0.15, 0.2) is 0 Å². The first-order valence-electron chi connectivity index (χ1n) is 15.4. The van der Waals surface area contributed by atoms with E-state index in [2.05, 4.69) is 14.9 Å². The van der Waals surface area contributed by atoms with Crippen molar-refractivity contribution in [2.45, 2.75) is 50.4 Å². The first-order chi connectivity index (χ1) is 22.1. The standard InChI is InChI=1S/C30H41ClFN5O6.CH2O2/c31-22-12-33-29(34-13-22)36-7-5-20(6-8-36)2-1-9-43-23-4-3-21(24(32)11-23)10-27(41)37-18-30(19-37)16-35(17-30)14-25(39)28(42)26(40)15-38;2-1-3/h3-4,11-13,20,25-26,28,38-40,42H,1-2,5-10,14-19H2;1H,(H,2,3)/t25-,26+,28-;/m0./s1. The summed E-state index contributed by atoms with van der Waals surface area (Å²) < 4.78 is 20.6. The van der Waals surface area contributed by atoms with Crippen LogP contribution in [-0.2, 0) is 16.0 Å². The molecule has 3 fully saturated rings. The molecule has 3 aliphatic heterocycles. The van der Waals surface area contributed by atoms with Crippen LogP contribution in [-0.4, -0.2) is 135 Å². The van der Waals surface area contributed by atoms with E-state index in [-0.39, 0.29) is 30.8 Å². The van der Waals surface area contributed by atoms with Crippen molar-refractivity contribution in [2.75, 3.05) is 63.9 Å². The van der Waals surface area contributed by atoms with Crippen molar-refractivity contribution in [3.8, 4) is 5.75 Å². The number of aliphatic hydroxyl groups excluding tert-OH is 4. The lowest BCUT2D eigenvalue weighted by Crippen LogP contribution is -2.73. The third kappa shape index (κ3) is 9.46. The van der Waals surface area contributed by atoms with Gasteiger partial charge in [-0.1, -0.05) is 17.7 Å². The first kappa shape index (κ1) is 35.7. The van der Waals surface area contributed by atoms with Crippen molar-refractivity contribution in [2.24, 2.45) is 11.3 Å². The van der Waals surface area contributed by atoms with Crippen molar-refractivity contribution in [1.82, 2.24) is 19.8 Å². The molecular weight excluding hydrogens is 625 g/mol. The maximum Gasteiger partial charge on any atom is 0.290 e. The highest BCUT2D eigenvalue weighted by molar-refractivity contribution is 6.30. The van der Waals surface area contributed by atoms with Crippen LogP contribution in [0, 0.1) is 17.2 Å². The zero-order valence-corrected chi connectivity index (χ0v) is 26.4. The van der Waals surface area contributed by atoms with Crippen molar-refractivity contribution >= 4 is 29.9 Å². The number of rotatable bonds is 13. The summed E-state index contributed by atoms with van der Waals surface area (Å²) in [5.74, 6) is 1.19. The number of ether oxygens (including phenoxy) is 1. The second-order valence-electron chi connectivity index (χ2n) is 12.4. The van der Waals surface area contributed by atoms with Gasteiger partial charge in [-0.05, 0) is 43.2 Å². The lowest BCUT2D eigenvalue weighted by Gasteiger charge is -2.60. The van der Waals surface area contributed by atoms with Gasteiger partial charge in [0.25, 0.3) is 6.47 Å². The van der Waals surface area contributed by atoms with Crippen LogP contribution in [0.4, 0.5) is 10.3 Å². The van der Waals surface area contributed by atoms with E-state index in [0.717, 1.165) is 38.8 Å². The van der Waals surface area contributed by atoms with Gasteiger partial charge in [0, 0.05) is 57.3 Å². The summed E-state index contributed by atoms with van der Waals surface area (Å²) in [4.78, 5) is 35.6. The molecule has 3 atom stereocenters. The average Bonchev–Trinajstić information content (AvgIpc) is 3.01. The molecule has 5 N–H and O–H groups in total. The fraction of sp³-hybridized carbons (Fsp3) is 0.613. The molecule has 15 heteroatoms. The molecule has 5 rings (SSSR count). The molecule has 3 aliphatic rings. The Hall–Kier alpha value is -3.14. The van der Waals surface area contributed by atoms with E-state index in [4.69, 9.17) is 31.3 Å². The van der Waals surface area contributed by atoms with Crippen molar-refractivity contribution in [3.63, 3.8) is 0 Å². The number of hydrogen-bond donors (Lipinski definition) is 5. The molecule has 0 aliphatic carbocycles. The van der Waals surface area contributed by atoms with Crippen LogP contribution in [0.15, 0.2) is 30.6 Å². The minimum absolute atomic E-state index is 0.0182. The van der Waals surface area contributed by atoms with E-state index in [1.165, 1.54) is 6.07 Å². The molecule has 1 aromatic carbocycles. The maximum absolute atomic E-state index is 14.8. The number of β-amino-alcohol motifs (C(OH)–C–C–N with tert-alkyl or cyclic N) is 1. The number of benzene rings is 1. The van der Waals surface area contributed by atoms with Crippen molar-refractivity contribution in [3.05, 3.63) is 47.0 Å². The largest absolute Gasteiger partial charge is 0.493 e.